The lowest BCUT2D eigenvalue weighted by Gasteiger charge is -2.19. The van der Waals surface area contributed by atoms with Crippen molar-refractivity contribution in [2.75, 3.05) is 18.5 Å². The van der Waals surface area contributed by atoms with Crippen LogP contribution in [0.4, 0.5) is 5.82 Å². The molecule has 0 unspecified atom stereocenters. The van der Waals surface area contributed by atoms with Gasteiger partial charge in [0.1, 0.15) is 17.5 Å². The van der Waals surface area contributed by atoms with Gasteiger partial charge in [-0.15, -0.1) is 0 Å². The number of hydrogen-bond donors (Lipinski definition) is 1. The van der Waals surface area contributed by atoms with Gasteiger partial charge in [0.15, 0.2) is 0 Å². The number of rotatable bonds is 4. The second-order valence-electron chi connectivity index (χ2n) is 5.40. The van der Waals surface area contributed by atoms with Crippen LogP contribution in [0, 0.1) is 5.92 Å². The molecule has 6 nitrogen and oxygen atoms in total. The fraction of sp³-hybridized carbons (Fsp3) is 0.312. The molecule has 0 radical (unpaired) electrons. The van der Waals surface area contributed by atoms with Crippen LogP contribution in [-0.2, 0) is 4.74 Å². The Bertz CT molecular complexity index is 759. The molecule has 1 saturated heterocycles. The van der Waals surface area contributed by atoms with E-state index < -0.39 is 0 Å². The Balaban J connectivity index is 1.50. The van der Waals surface area contributed by atoms with E-state index in [-0.39, 0.29) is 6.10 Å². The lowest BCUT2D eigenvalue weighted by Crippen LogP contribution is -2.18. The molecular formula is C16H16N4O2. The lowest BCUT2D eigenvalue weighted by atomic mass is 9.95. The number of benzene rings is 1. The highest BCUT2D eigenvalue weighted by molar-refractivity contribution is 5.84. The molecule has 112 valence electrons. The predicted octanol–water partition coefficient (Wildman–Crippen LogP) is 2.81. The molecule has 1 fully saturated rings. The molecule has 0 saturated carbocycles. The second-order valence-corrected chi connectivity index (χ2v) is 5.40. The van der Waals surface area contributed by atoms with Crippen LogP contribution < -0.4 is 5.32 Å². The minimum absolute atomic E-state index is 0.133. The molecule has 1 N–H and O–H groups in total. The summed E-state index contributed by atoms with van der Waals surface area (Å²) in [6.45, 7) is 1.58. The maximum absolute atomic E-state index is 5.91. The Hall–Kier alpha value is -2.47. The van der Waals surface area contributed by atoms with Gasteiger partial charge < -0.3 is 14.6 Å². The van der Waals surface area contributed by atoms with E-state index >= 15 is 0 Å². The van der Waals surface area contributed by atoms with Crippen molar-refractivity contribution in [1.82, 2.24) is 15.1 Å². The largest absolute Gasteiger partial charge is 0.373 e. The predicted molar refractivity (Wildman–Crippen MR) is 81.3 cm³/mol. The van der Waals surface area contributed by atoms with Crippen molar-refractivity contribution in [3.05, 3.63) is 48.4 Å². The van der Waals surface area contributed by atoms with Crippen molar-refractivity contribution >= 4 is 16.9 Å². The molecule has 1 aliphatic rings. The van der Waals surface area contributed by atoms with Gasteiger partial charge >= 0.3 is 0 Å². The van der Waals surface area contributed by atoms with Gasteiger partial charge in [-0.25, -0.2) is 4.98 Å². The van der Waals surface area contributed by atoms with Crippen LogP contribution in [0.5, 0.6) is 0 Å². The number of nitrogens with one attached hydrogen (secondary N) is 1. The van der Waals surface area contributed by atoms with Gasteiger partial charge in [-0.2, -0.15) is 4.98 Å². The molecule has 0 aliphatic carbocycles. The molecular weight excluding hydrogens is 280 g/mol. The number of anilines is 1. The fourth-order valence-corrected chi connectivity index (χ4v) is 2.92. The maximum atomic E-state index is 5.91. The number of ether oxygens (including phenoxy) is 1. The SMILES string of the molecule is c1ccc([C@@H]2OCC[C@H]2CNc2ncnc3oncc23)cc1. The van der Waals surface area contributed by atoms with Crippen LogP contribution in [0.1, 0.15) is 18.1 Å². The zero-order valence-electron chi connectivity index (χ0n) is 12.0. The molecule has 0 bridgehead atoms. The van der Waals surface area contributed by atoms with Gasteiger partial charge in [-0.05, 0) is 12.0 Å². The fourth-order valence-electron chi connectivity index (χ4n) is 2.92. The summed E-state index contributed by atoms with van der Waals surface area (Å²) in [7, 11) is 0. The van der Waals surface area contributed by atoms with E-state index in [2.05, 4.69) is 32.6 Å². The Morgan fingerprint density at radius 1 is 1.18 bits per heavy atom. The first-order chi connectivity index (χ1) is 10.9. The van der Waals surface area contributed by atoms with E-state index in [0.717, 1.165) is 30.8 Å². The van der Waals surface area contributed by atoms with Crippen LogP contribution >= 0.6 is 0 Å². The molecule has 3 aromatic rings. The number of fused-ring (bicyclic) bond motifs is 1. The van der Waals surface area contributed by atoms with Crippen molar-refractivity contribution < 1.29 is 9.26 Å². The van der Waals surface area contributed by atoms with E-state index in [1.54, 1.807) is 6.20 Å². The zero-order valence-corrected chi connectivity index (χ0v) is 12.0. The molecule has 3 heterocycles. The van der Waals surface area contributed by atoms with Gasteiger partial charge in [0.2, 0.25) is 0 Å². The number of aromatic nitrogens is 3. The molecule has 22 heavy (non-hydrogen) atoms. The first-order valence-electron chi connectivity index (χ1n) is 7.37. The topological polar surface area (TPSA) is 73.1 Å². The highest BCUT2D eigenvalue weighted by Gasteiger charge is 2.29. The van der Waals surface area contributed by atoms with Gasteiger partial charge in [0.05, 0.1) is 12.3 Å². The summed E-state index contributed by atoms with van der Waals surface area (Å²) >= 11 is 0. The number of hydrogen-bond acceptors (Lipinski definition) is 6. The first-order valence-corrected chi connectivity index (χ1v) is 7.37. The zero-order chi connectivity index (χ0) is 14.8. The normalized spacial score (nSPS) is 21.3. The van der Waals surface area contributed by atoms with Crippen LogP contribution in [0.3, 0.4) is 0 Å². The van der Waals surface area contributed by atoms with Crippen molar-refractivity contribution in [3.63, 3.8) is 0 Å². The lowest BCUT2D eigenvalue weighted by molar-refractivity contribution is 0.0933. The summed E-state index contributed by atoms with van der Waals surface area (Å²) in [5, 5.41) is 7.95. The molecule has 1 aromatic carbocycles. The van der Waals surface area contributed by atoms with Gasteiger partial charge in [0.25, 0.3) is 5.71 Å². The van der Waals surface area contributed by atoms with Crippen LogP contribution in [0.15, 0.2) is 47.4 Å². The Kier molecular flexibility index (Phi) is 3.44. The summed E-state index contributed by atoms with van der Waals surface area (Å²) in [6.07, 6.45) is 4.28. The minimum Gasteiger partial charge on any atom is -0.373 e. The average molecular weight is 296 g/mol. The summed E-state index contributed by atoms with van der Waals surface area (Å²) in [5.41, 5.74) is 1.73. The average Bonchev–Trinajstić information content (AvgIpc) is 3.23. The molecule has 4 rings (SSSR count). The van der Waals surface area contributed by atoms with E-state index in [0.29, 0.717) is 11.6 Å². The van der Waals surface area contributed by atoms with E-state index in [1.807, 2.05) is 18.2 Å². The van der Waals surface area contributed by atoms with Gasteiger partial charge in [-0.1, -0.05) is 35.5 Å². The van der Waals surface area contributed by atoms with Crippen molar-refractivity contribution in [2.45, 2.75) is 12.5 Å². The Morgan fingerprint density at radius 3 is 3.00 bits per heavy atom. The van der Waals surface area contributed by atoms with Crippen molar-refractivity contribution in [1.29, 1.82) is 0 Å². The summed E-state index contributed by atoms with van der Waals surface area (Å²) < 4.78 is 11.0. The third-order valence-electron chi connectivity index (χ3n) is 4.04. The molecule has 2 atom stereocenters. The summed E-state index contributed by atoms with van der Waals surface area (Å²) in [4.78, 5) is 8.31. The molecule has 1 aliphatic heterocycles. The van der Waals surface area contributed by atoms with Crippen molar-refractivity contribution in [3.8, 4) is 0 Å². The van der Waals surface area contributed by atoms with Crippen LogP contribution in [-0.4, -0.2) is 28.3 Å². The van der Waals surface area contributed by atoms with E-state index in [9.17, 15) is 0 Å². The quantitative estimate of drug-likeness (QED) is 0.798. The summed E-state index contributed by atoms with van der Waals surface area (Å²) in [5.74, 6) is 1.16. The Labute approximate surface area is 127 Å². The third kappa shape index (κ3) is 2.42. The third-order valence-corrected chi connectivity index (χ3v) is 4.04. The molecule has 0 spiro atoms. The van der Waals surface area contributed by atoms with Crippen molar-refractivity contribution in [2.24, 2.45) is 5.92 Å². The smallest absolute Gasteiger partial charge is 0.262 e. The van der Waals surface area contributed by atoms with Crippen LogP contribution in [0.2, 0.25) is 0 Å². The minimum atomic E-state index is 0.133. The maximum Gasteiger partial charge on any atom is 0.262 e. The van der Waals surface area contributed by atoms with E-state index in [4.69, 9.17) is 9.26 Å². The standard InChI is InChI=1S/C16H16N4O2/c1-2-4-11(5-3-1)14-12(6-7-21-14)8-17-15-13-9-20-22-16(13)19-10-18-15/h1-5,9-10,12,14H,6-8H2,(H,17,18,19)/t12-,14-/m0/s1. The highest BCUT2D eigenvalue weighted by Crippen LogP contribution is 2.34. The van der Waals surface area contributed by atoms with Gasteiger partial charge in [-0.3, -0.25) is 0 Å². The highest BCUT2D eigenvalue weighted by atomic mass is 16.5. The molecule has 2 aromatic heterocycles. The van der Waals surface area contributed by atoms with Gasteiger partial charge in [0, 0.05) is 19.1 Å². The van der Waals surface area contributed by atoms with E-state index in [1.165, 1.54) is 11.9 Å². The first kappa shape index (κ1) is 13.2. The summed E-state index contributed by atoms with van der Waals surface area (Å²) in [6, 6.07) is 10.4. The molecule has 6 heteroatoms. The van der Waals surface area contributed by atoms with Crippen LogP contribution in [0.25, 0.3) is 11.1 Å². The second kappa shape index (κ2) is 5.73. The number of nitrogens with zero attached hydrogens (tertiary/aromatic N) is 3. The monoisotopic (exact) mass is 296 g/mol. The molecule has 0 amide bonds. The Morgan fingerprint density at radius 2 is 2.09 bits per heavy atom.